The maximum Gasteiger partial charge on any atom is 0.227 e. The average molecular weight is 389 g/mol. The summed E-state index contributed by atoms with van der Waals surface area (Å²) >= 11 is 5.44. The number of hydrogen-bond donors (Lipinski definition) is 2. The third-order valence-electron chi connectivity index (χ3n) is 5.62. The number of anilines is 2. The topological polar surface area (TPSA) is 47.6 Å². The van der Waals surface area contributed by atoms with Crippen molar-refractivity contribution in [1.29, 1.82) is 0 Å². The molecule has 2 aliphatic heterocycles. The molecule has 2 saturated heterocycles. The lowest BCUT2D eigenvalue weighted by Crippen LogP contribution is -2.40. The number of nitrogens with zero attached hydrogens (tertiary/aromatic N) is 2. The summed E-state index contributed by atoms with van der Waals surface area (Å²) in [7, 11) is 0. The highest BCUT2D eigenvalue weighted by molar-refractivity contribution is 7.80. The van der Waals surface area contributed by atoms with Crippen LogP contribution < -0.4 is 15.5 Å². The molecule has 0 spiro atoms. The quantitative estimate of drug-likeness (QED) is 0.550. The van der Waals surface area contributed by atoms with E-state index in [9.17, 15) is 4.79 Å². The van der Waals surface area contributed by atoms with Crippen LogP contribution in [0.15, 0.2) is 24.3 Å². The summed E-state index contributed by atoms with van der Waals surface area (Å²) in [6, 6.07) is 8.69. The number of benzene rings is 1. The van der Waals surface area contributed by atoms with Gasteiger partial charge in [-0.1, -0.05) is 19.4 Å². The van der Waals surface area contributed by atoms with Crippen molar-refractivity contribution in [2.75, 3.05) is 36.4 Å². The third-order valence-corrected chi connectivity index (χ3v) is 5.86. The second-order valence-corrected chi connectivity index (χ2v) is 7.94. The minimum atomic E-state index is 0.205. The predicted octanol–water partition coefficient (Wildman–Crippen LogP) is 3.75. The normalized spacial score (nSPS) is 20.7. The van der Waals surface area contributed by atoms with Gasteiger partial charge >= 0.3 is 0 Å². The van der Waals surface area contributed by atoms with Crippen molar-refractivity contribution in [3.8, 4) is 0 Å². The van der Waals surface area contributed by atoms with Crippen molar-refractivity contribution in [2.24, 2.45) is 0 Å². The van der Waals surface area contributed by atoms with E-state index in [-0.39, 0.29) is 5.91 Å². The maximum atomic E-state index is 11.9. The zero-order valence-corrected chi connectivity index (χ0v) is 17.2. The highest BCUT2D eigenvalue weighted by Crippen LogP contribution is 2.24. The molecule has 0 unspecified atom stereocenters. The van der Waals surface area contributed by atoms with Gasteiger partial charge in [0.25, 0.3) is 0 Å². The van der Waals surface area contributed by atoms with Gasteiger partial charge in [-0.3, -0.25) is 4.79 Å². The predicted molar refractivity (Wildman–Crippen MR) is 116 cm³/mol. The van der Waals surface area contributed by atoms with E-state index in [1.807, 2.05) is 29.2 Å². The maximum absolute atomic E-state index is 11.9. The molecular formula is C21H32N4OS. The molecule has 0 radical (unpaired) electrons. The molecule has 1 amide bonds. The van der Waals surface area contributed by atoms with Crippen molar-refractivity contribution in [3.63, 3.8) is 0 Å². The second-order valence-electron chi connectivity index (χ2n) is 7.53. The number of nitrogens with one attached hydrogen (secondary N) is 2. The summed E-state index contributed by atoms with van der Waals surface area (Å²) in [4.78, 5) is 16.4. The fourth-order valence-electron chi connectivity index (χ4n) is 4.15. The Morgan fingerprint density at radius 2 is 2.15 bits per heavy atom. The molecule has 0 saturated carbocycles. The summed E-state index contributed by atoms with van der Waals surface area (Å²) < 4.78 is 0. The fraction of sp³-hybridized carbons (Fsp3) is 0.619. The molecule has 3 rings (SSSR count). The lowest BCUT2D eigenvalue weighted by atomic mass is 10.00. The largest absolute Gasteiger partial charge is 0.362 e. The van der Waals surface area contributed by atoms with E-state index in [1.165, 1.54) is 32.2 Å². The molecule has 0 aliphatic carbocycles. The van der Waals surface area contributed by atoms with Gasteiger partial charge in [0, 0.05) is 43.5 Å². The summed E-state index contributed by atoms with van der Waals surface area (Å²) in [6.07, 6.45) is 7.99. The molecule has 148 valence electrons. The van der Waals surface area contributed by atoms with Gasteiger partial charge in [0.2, 0.25) is 5.91 Å². The molecule has 0 aromatic heterocycles. The molecule has 1 atom stereocenters. The van der Waals surface area contributed by atoms with Crippen LogP contribution in [0.3, 0.4) is 0 Å². The van der Waals surface area contributed by atoms with Crippen LogP contribution in [-0.4, -0.2) is 48.1 Å². The van der Waals surface area contributed by atoms with Gasteiger partial charge in [0.1, 0.15) is 0 Å². The van der Waals surface area contributed by atoms with E-state index in [4.69, 9.17) is 12.2 Å². The number of carbonyl (C=O) groups is 1. The number of carbonyl (C=O) groups excluding carboxylic acids is 1. The molecule has 2 heterocycles. The molecule has 2 fully saturated rings. The molecule has 1 aromatic rings. The first-order chi connectivity index (χ1) is 13.2. The molecule has 6 heteroatoms. The van der Waals surface area contributed by atoms with Crippen molar-refractivity contribution < 1.29 is 4.79 Å². The van der Waals surface area contributed by atoms with E-state index in [1.54, 1.807) is 0 Å². The zero-order chi connectivity index (χ0) is 19.1. The molecular weight excluding hydrogens is 356 g/mol. The van der Waals surface area contributed by atoms with Gasteiger partial charge in [-0.25, -0.2) is 0 Å². The summed E-state index contributed by atoms with van der Waals surface area (Å²) in [6.45, 7) is 6.36. The molecule has 0 bridgehead atoms. The van der Waals surface area contributed by atoms with Crippen LogP contribution >= 0.6 is 12.2 Å². The van der Waals surface area contributed by atoms with Crippen LogP contribution in [0, 0.1) is 0 Å². The van der Waals surface area contributed by atoms with Gasteiger partial charge < -0.3 is 20.4 Å². The standard InChI is InChI=1S/C21H32N4OS/c1-2-18-9-3-4-13-24(18)14-7-12-22-21(27)23-17-8-5-10-19(16-17)25-15-6-11-20(25)26/h5,8,10,16,18H,2-4,6-7,9,11-15H2,1H3,(H2,22,23,27)/t18-/m1/s1. The monoisotopic (exact) mass is 388 g/mol. The van der Waals surface area contributed by atoms with Crippen molar-refractivity contribution in [1.82, 2.24) is 10.2 Å². The minimum Gasteiger partial charge on any atom is -0.362 e. The number of thiocarbonyl (C=S) groups is 1. The van der Waals surface area contributed by atoms with Crippen LogP contribution in [0.4, 0.5) is 11.4 Å². The first-order valence-electron chi connectivity index (χ1n) is 10.4. The lowest BCUT2D eigenvalue weighted by molar-refractivity contribution is -0.117. The zero-order valence-electron chi connectivity index (χ0n) is 16.4. The van der Waals surface area contributed by atoms with Gasteiger partial charge in [0.05, 0.1) is 0 Å². The van der Waals surface area contributed by atoms with E-state index >= 15 is 0 Å². The SMILES string of the molecule is CC[C@@H]1CCCCN1CCCNC(=S)Nc1cccc(N2CCCC2=O)c1. The molecule has 27 heavy (non-hydrogen) atoms. The summed E-state index contributed by atoms with van der Waals surface area (Å²) in [5.74, 6) is 0.205. The van der Waals surface area contributed by atoms with Crippen molar-refractivity contribution >= 4 is 34.6 Å². The number of hydrogen-bond acceptors (Lipinski definition) is 3. The molecule has 2 N–H and O–H groups in total. The number of piperidine rings is 1. The minimum absolute atomic E-state index is 0.205. The van der Waals surface area contributed by atoms with Crippen LogP contribution in [0.5, 0.6) is 0 Å². The fourth-order valence-corrected chi connectivity index (χ4v) is 4.37. The molecule has 2 aliphatic rings. The summed E-state index contributed by atoms with van der Waals surface area (Å²) in [5.41, 5.74) is 1.87. The van der Waals surface area contributed by atoms with E-state index in [2.05, 4.69) is 22.5 Å². The Morgan fingerprint density at radius 3 is 2.93 bits per heavy atom. The first kappa shape index (κ1) is 20.1. The molecule has 5 nitrogen and oxygen atoms in total. The van der Waals surface area contributed by atoms with Crippen LogP contribution in [0.2, 0.25) is 0 Å². The van der Waals surface area contributed by atoms with Gasteiger partial charge in [0.15, 0.2) is 5.11 Å². The van der Waals surface area contributed by atoms with Crippen molar-refractivity contribution in [2.45, 2.75) is 57.9 Å². The van der Waals surface area contributed by atoms with Gasteiger partial charge in [-0.05, 0) is 69.1 Å². The lowest BCUT2D eigenvalue weighted by Gasteiger charge is -2.35. The van der Waals surface area contributed by atoms with Gasteiger partial charge in [-0.15, -0.1) is 0 Å². The Bertz CT molecular complexity index is 651. The van der Waals surface area contributed by atoms with E-state index in [0.717, 1.165) is 49.9 Å². The molecule has 1 aromatic carbocycles. The first-order valence-corrected chi connectivity index (χ1v) is 10.8. The highest BCUT2D eigenvalue weighted by Gasteiger charge is 2.22. The Hall–Kier alpha value is -1.66. The second kappa shape index (κ2) is 10.0. The van der Waals surface area contributed by atoms with Crippen LogP contribution in [0.1, 0.15) is 51.9 Å². The Balaban J connectivity index is 1.41. The Morgan fingerprint density at radius 1 is 1.26 bits per heavy atom. The number of likely N-dealkylation sites (tertiary alicyclic amines) is 1. The van der Waals surface area contributed by atoms with E-state index in [0.29, 0.717) is 11.5 Å². The highest BCUT2D eigenvalue weighted by atomic mass is 32.1. The third kappa shape index (κ3) is 5.66. The van der Waals surface area contributed by atoms with E-state index < -0.39 is 0 Å². The Kier molecular flexibility index (Phi) is 7.47. The van der Waals surface area contributed by atoms with Gasteiger partial charge in [-0.2, -0.15) is 0 Å². The average Bonchev–Trinajstić information content (AvgIpc) is 3.11. The van der Waals surface area contributed by atoms with Crippen LogP contribution in [-0.2, 0) is 4.79 Å². The number of amides is 1. The smallest absolute Gasteiger partial charge is 0.227 e. The summed E-state index contributed by atoms with van der Waals surface area (Å²) in [5, 5.41) is 7.21. The Labute approximate surface area is 168 Å². The van der Waals surface area contributed by atoms with Crippen molar-refractivity contribution in [3.05, 3.63) is 24.3 Å². The number of rotatable bonds is 7. The van der Waals surface area contributed by atoms with Crippen LogP contribution in [0.25, 0.3) is 0 Å².